The van der Waals surface area contributed by atoms with Crippen LogP contribution in [0.5, 0.6) is 0 Å². The molecule has 0 spiro atoms. The van der Waals surface area contributed by atoms with Crippen molar-refractivity contribution in [3.05, 3.63) is 0 Å². The zero-order valence-electron chi connectivity index (χ0n) is 18.4. The summed E-state index contributed by atoms with van der Waals surface area (Å²) in [5.74, 6) is 3.73. The molecule has 6 N–H and O–H groups in total. The smallest absolute Gasteiger partial charge is 0.221 e. The fraction of sp³-hybridized carbons (Fsp3) is 0.727. The number of fused-ring (bicyclic) bond motifs is 4. The van der Waals surface area contributed by atoms with Crippen LogP contribution in [0.25, 0.3) is 0 Å². The molecule has 3 saturated heterocycles. The Hall–Kier alpha value is -2.26. The Morgan fingerprint density at radius 1 is 0.735 bits per heavy atom. The average Bonchev–Trinajstić information content (AvgIpc) is 2.82. The normalized spacial score (nSPS) is 39.7. The topological polar surface area (TPSA) is 176 Å². The first-order chi connectivity index (χ1) is 16.3. The second-order valence-corrected chi connectivity index (χ2v) is 8.31. The molecule has 2 amide bonds. The molecule has 0 aromatic rings. The lowest BCUT2D eigenvalue weighted by Crippen LogP contribution is -2.68. The lowest BCUT2D eigenvalue weighted by molar-refractivity contribution is -0.332. The predicted octanol–water partition coefficient (Wildman–Crippen LogP) is -3.28. The number of nitrogens with one attached hydrogen (secondary N) is 2. The number of rotatable bonds is 6. The minimum atomic E-state index is -1.46. The second kappa shape index (κ2) is 11.9. The average molecular weight is 482 g/mol. The number of carbonyl (C=O) groups excluding carboxylic acids is 2. The highest BCUT2D eigenvalue weighted by molar-refractivity contribution is 5.77. The first-order valence-electron chi connectivity index (χ1n) is 11.0. The highest BCUT2D eigenvalue weighted by Crippen LogP contribution is 2.29. The van der Waals surface area contributed by atoms with Gasteiger partial charge >= 0.3 is 0 Å². The van der Waals surface area contributed by atoms with E-state index in [9.17, 15) is 30.0 Å². The van der Waals surface area contributed by atoms with Gasteiger partial charge in [-0.15, -0.1) is 24.7 Å². The van der Waals surface area contributed by atoms with Crippen molar-refractivity contribution < 1.29 is 49.0 Å². The summed E-state index contributed by atoms with van der Waals surface area (Å²) in [6.07, 6.45) is 0.262. The number of hydrogen-bond donors (Lipinski definition) is 6. The van der Waals surface area contributed by atoms with Gasteiger partial charge in [0.1, 0.15) is 48.7 Å². The van der Waals surface area contributed by atoms with Gasteiger partial charge in [0.15, 0.2) is 12.6 Å². The quantitative estimate of drug-likeness (QED) is 0.211. The fourth-order valence-corrected chi connectivity index (χ4v) is 4.00. The highest BCUT2D eigenvalue weighted by atomic mass is 16.7. The van der Waals surface area contributed by atoms with Gasteiger partial charge in [-0.25, -0.2) is 0 Å². The van der Waals surface area contributed by atoms with E-state index in [1.54, 1.807) is 0 Å². The Bertz CT molecular complexity index is 744. The molecular weight excluding hydrogens is 452 g/mol. The van der Waals surface area contributed by atoms with E-state index in [4.69, 9.17) is 31.8 Å². The van der Waals surface area contributed by atoms with Crippen molar-refractivity contribution in [2.45, 2.75) is 87.0 Å². The number of aliphatic hydroxyl groups is 4. The first-order valence-corrected chi connectivity index (χ1v) is 11.0. The largest absolute Gasteiger partial charge is 0.388 e. The highest BCUT2D eigenvalue weighted by Gasteiger charge is 2.51. The van der Waals surface area contributed by atoms with Gasteiger partial charge in [0.2, 0.25) is 11.8 Å². The van der Waals surface area contributed by atoms with Crippen molar-refractivity contribution in [3.8, 4) is 24.7 Å². The van der Waals surface area contributed by atoms with Crippen LogP contribution in [0.1, 0.15) is 25.7 Å². The summed E-state index contributed by atoms with van der Waals surface area (Å²) in [4.78, 5) is 24.3. The van der Waals surface area contributed by atoms with Crippen LogP contribution in [-0.4, -0.2) is 107 Å². The van der Waals surface area contributed by atoms with Crippen molar-refractivity contribution in [3.63, 3.8) is 0 Å². The van der Waals surface area contributed by atoms with E-state index in [-0.39, 0.29) is 38.9 Å². The first kappa shape index (κ1) is 26.3. The maximum Gasteiger partial charge on any atom is 0.221 e. The summed E-state index contributed by atoms with van der Waals surface area (Å²) >= 11 is 0. The summed E-state index contributed by atoms with van der Waals surface area (Å²) in [5.41, 5.74) is 0. The molecule has 0 aromatic carbocycles. The Kier molecular flexibility index (Phi) is 9.24. The Morgan fingerprint density at radius 2 is 1.12 bits per heavy atom. The lowest BCUT2D eigenvalue weighted by Gasteiger charge is -2.47. The SMILES string of the molecule is C#CCCC(=O)N[C@H]1[C@@H]2OC[C@H]3O[C@@H](OC[C@@H](O2)[C@@H](O)[C@@H]1O)[C@H](NC(=O)CCC#C)[C@@H](O)[C@@H]3O. The molecule has 12 heteroatoms. The predicted molar refractivity (Wildman–Crippen MR) is 113 cm³/mol. The second-order valence-electron chi connectivity index (χ2n) is 8.31. The van der Waals surface area contributed by atoms with Crippen LogP contribution in [0.15, 0.2) is 0 Å². The standard InChI is InChI=1S/C22H30N2O10/c1-3-5-7-13(25)23-15-19(29)17(27)11-10-32-22-16(24-14(26)8-6-4-2)20(30)18(28)12(34-22)9-31-21(15)33-11/h1-2,11-12,15-22,27-30H,5-10H2,(H,23,25)(H,24,26)/t11-,12-,15-,16-,17-,18-,19-,20-,21-,22-/m1/s1. The number of aliphatic hydroxyl groups excluding tert-OH is 4. The van der Waals surface area contributed by atoms with Crippen LogP contribution in [0.4, 0.5) is 0 Å². The van der Waals surface area contributed by atoms with Crippen LogP contribution >= 0.6 is 0 Å². The molecule has 10 atom stereocenters. The Labute approximate surface area is 196 Å². The molecule has 3 heterocycles. The third-order valence-electron chi connectivity index (χ3n) is 5.90. The van der Waals surface area contributed by atoms with Crippen molar-refractivity contribution >= 4 is 11.8 Å². The van der Waals surface area contributed by atoms with Gasteiger partial charge in [0, 0.05) is 25.7 Å². The summed E-state index contributed by atoms with van der Waals surface area (Å²) in [7, 11) is 0. The van der Waals surface area contributed by atoms with E-state index < -0.39 is 73.1 Å². The molecular formula is C22H30N2O10. The molecule has 3 aliphatic rings. The zero-order valence-corrected chi connectivity index (χ0v) is 18.4. The third-order valence-corrected chi connectivity index (χ3v) is 5.90. The maximum absolute atomic E-state index is 12.1. The number of hydrogen-bond acceptors (Lipinski definition) is 10. The monoisotopic (exact) mass is 482 g/mol. The number of amides is 2. The van der Waals surface area contributed by atoms with Crippen molar-refractivity contribution in [2.75, 3.05) is 13.2 Å². The Morgan fingerprint density at radius 3 is 1.47 bits per heavy atom. The molecule has 0 saturated carbocycles. The van der Waals surface area contributed by atoms with E-state index in [2.05, 4.69) is 22.5 Å². The van der Waals surface area contributed by atoms with E-state index >= 15 is 0 Å². The van der Waals surface area contributed by atoms with Crippen LogP contribution in [0.3, 0.4) is 0 Å². The third kappa shape index (κ3) is 6.05. The minimum Gasteiger partial charge on any atom is -0.388 e. The van der Waals surface area contributed by atoms with Gasteiger partial charge in [0.25, 0.3) is 0 Å². The fourth-order valence-electron chi connectivity index (χ4n) is 4.00. The van der Waals surface area contributed by atoms with Gasteiger partial charge < -0.3 is 50.0 Å². The Balaban J connectivity index is 1.74. The van der Waals surface area contributed by atoms with Gasteiger partial charge in [-0.3, -0.25) is 9.59 Å². The van der Waals surface area contributed by atoms with Gasteiger partial charge in [-0.2, -0.15) is 0 Å². The minimum absolute atomic E-state index is 0.00183. The van der Waals surface area contributed by atoms with E-state index in [1.165, 1.54) is 0 Å². The molecule has 0 unspecified atom stereocenters. The summed E-state index contributed by atoms with van der Waals surface area (Å²) in [5, 5.41) is 47.4. The van der Waals surface area contributed by atoms with E-state index in [0.29, 0.717) is 0 Å². The van der Waals surface area contributed by atoms with Gasteiger partial charge in [-0.05, 0) is 0 Å². The van der Waals surface area contributed by atoms with E-state index in [0.717, 1.165) is 0 Å². The summed E-state index contributed by atoms with van der Waals surface area (Å²) < 4.78 is 22.9. The molecule has 3 fully saturated rings. The van der Waals surface area contributed by atoms with Crippen LogP contribution in [0.2, 0.25) is 0 Å². The molecule has 0 aromatic heterocycles. The summed E-state index contributed by atoms with van der Waals surface area (Å²) in [6, 6.07) is -2.28. The molecule has 0 aliphatic carbocycles. The molecule has 188 valence electrons. The summed E-state index contributed by atoms with van der Waals surface area (Å²) in [6.45, 7) is -0.625. The van der Waals surface area contributed by atoms with Crippen molar-refractivity contribution in [1.82, 2.24) is 10.6 Å². The molecule has 3 aliphatic heterocycles. The van der Waals surface area contributed by atoms with Crippen molar-refractivity contribution in [2.24, 2.45) is 0 Å². The molecule has 12 nitrogen and oxygen atoms in total. The maximum atomic E-state index is 12.1. The zero-order chi connectivity index (χ0) is 24.8. The van der Waals surface area contributed by atoms with Gasteiger partial charge in [-0.1, -0.05) is 0 Å². The number of terminal acetylenes is 2. The number of ether oxygens (including phenoxy) is 4. The van der Waals surface area contributed by atoms with Crippen LogP contribution in [-0.2, 0) is 28.5 Å². The van der Waals surface area contributed by atoms with E-state index in [1.807, 2.05) is 0 Å². The lowest BCUT2D eigenvalue weighted by atomic mass is 9.95. The molecule has 3 rings (SSSR count). The molecule has 0 radical (unpaired) electrons. The van der Waals surface area contributed by atoms with Crippen LogP contribution in [0, 0.1) is 24.7 Å². The molecule has 34 heavy (non-hydrogen) atoms. The number of carbonyl (C=O) groups is 2. The van der Waals surface area contributed by atoms with Crippen LogP contribution < -0.4 is 10.6 Å². The molecule has 4 bridgehead atoms. The van der Waals surface area contributed by atoms with Gasteiger partial charge in [0.05, 0.1) is 13.2 Å². The van der Waals surface area contributed by atoms with Crippen molar-refractivity contribution in [1.29, 1.82) is 0 Å².